The van der Waals surface area contributed by atoms with Gasteiger partial charge in [0.1, 0.15) is 0 Å². The summed E-state index contributed by atoms with van der Waals surface area (Å²) >= 11 is 0. The van der Waals surface area contributed by atoms with Crippen molar-refractivity contribution in [3.8, 4) is 0 Å². The second kappa shape index (κ2) is 6.17. The Morgan fingerprint density at radius 1 is 1.29 bits per heavy atom. The first-order valence-corrected chi connectivity index (χ1v) is 7.41. The van der Waals surface area contributed by atoms with Crippen LogP contribution in [0.25, 0.3) is 0 Å². The predicted octanol–water partition coefficient (Wildman–Crippen LogP) is 2.75. The maximum atomic E-state index is 6.13. The topological polar surface area (TPSA) is 47.3 Å². The van der Waals surface area contributed by atoms with Gasteiger partial charge < -0.3 is 4.74 Å². The van der Waals surface area contributed by atoms with Crippen LogP contribution in [0.3, 0.4) is 0 Å². The van der Waals surface area contributed by atoms with Crippen LogP contribution in [-0.4, -0.2) is 18.2 Å². The van der Waals surface area contributed by atoms with E-state index in [2.05, 4.69) is 12.3 Å². The molecule has 1 atom stereocenters. The van der Waals surface area contributed by atoms with E-state index in [0.717, 1.165) is 12.5 Å². The van der Waals surface area contributed by atoms with E-state index in [4.69, 9.17) is 10.6 Å². The summed E-state index contributed by atoms with van der Waals surface area (Å²) in [6.45, 7) is 2.91. The van der Waals surface area contributed by atoms with Crippen molar-refractivity contribution in [2.45, 2.75) is 76.4 Å². The molecule has 3 heteroatoms. The van der Waals surface area contributed by atoms with E-state index in [-0.39, 0.29) is 5.60 Å². The number of hydrazine groups is 1. The van der Waals surface area contributed by atoms with Crippen LogP contribution in [-0.2, 0) is 4.74 Å². The molecule has 0 amide bonds. The fraction of sp³-hybridized carbons (Fsp3) is 1.00. The summed E-state index contributed by atoms with van der Waals surface area (Å²) in [5.74, 6) is 6.78. The number of nitrogens with two attached hydrogens (primary N) is 1. The third kappa shape index (κ3) is 3.43. The van der Waals surface area contributed by atoms with Crippen molar-refractivity contribution in [3.63, 3.8) is 0 Å². The molecular weight excluding hydrogens is 212 g/mol. The molecule has 2 aliphatic carbocycles. The Morgan fingerprint density at radius 2 is 2.00 bits per heavy atom. The maximum absolute atomic E-state index is 6.13. The Hall–Kier alpha value is -0.120. The summed E-state index contributed by atoms with van der Waals surface area (Å²) in [5, 5.41) is 0. The number of rotatable bonds is 7. The van der Waals surface area contributed by atoms with E-state index >= 15 is 0 Å². The van der Waals surface area contributed by atoms with Gasteiger partial charge in [0.15, 0.2) is 0 Å². The predicted molar refractivity (Wildman–Crippen MR) is 70.5 cm³/mol. The third-order valence-corrected chi connectivity index (χ3v) is 4.53. The Morgan fingerprint density at radius 3 is 2.53 bits per heavy atom. The second-order valence-corrected chi connectivity index (χ2v) is 5.80. The summed E-state index contributed by atoms with van der Waals surface area (Å²) in [6, 6.07) is 0.350. The van der Waals surface area contributed by atoms with Gasteiger partial charge in [-0.1, -0.05) is 32.1 Å². The molecule has 0 heterocycles. The number of hydrogen-bond donors (Lipinski definition) is 2. The van der Waals surface area contributed by atoms with Gasteiger partial charge in [0.2, 0.25) is 0 Å². The van der Waals surface area contributed by atoms with Crippen molar-refractivity contribution < 1.29 is 4.74 Å². The molecule has 0 spiro atoms. The van der Waals surface area contributed by atoms with Crippen LogP contribution in [0.2, 0.25) is 0 Å². The highest BCUT2D eigenvalue weighted by atomic mass is 16.5. The van der Waals surface area contributed by atoms with E-state index < -0.39 is 0 Å². The summed E-state index contributed by atoms with van der Waals surface area (Å²) in [7, 11) is 0. The molecule has 0 aromatic heterocycles. The zero-order chi connectivity index (χ0) is 12.1. The van der Waals surface area contributed by atoms with Crippen molar-refractivity contribution >= 4 is 0 Å². The highest BCUT2D eigenvalue weighted by molar-refractivity contribution is 4.95. The molecule has 0 aromatic carbocycles. The van der Waals surface area contributed by atoms with Crippen LogP contribution < -0.4 is 11.3 Å². The van der Waals surface area contributed by atoms with E-state index in [9.17, 15) is 0 Å². The molecule has 17 heavy (non-hydrogen) atoms. The molecular formula is C14H28N2O. The van der Waals surface area contributed by atoms with Crippen LogP contribution in [0, 0.1) is 5.92 Å². The highest BCUT2D eigenvalue weighted by Crippen LogP contribution is 2.39. The molecule has 100 valence electrons. The maximum Gasteiger partial charge on any atom is 0.0848 e. The average molecular weight is 240 g/mol. The Kier molecular flexibility index (Phi) is 4.83. The van der Waals surface area contributed by atoms with Crippen molar-refractivity contribution in [2.75, 3.05) is 6.61 Å². The summed E-state index contributed by atoms with van der Waals surface area (Å²) in [4.78, 5) is 0. The van der Waals surface area contributed by atoms with E-state index in [0.29, 0.717) is 6.04 Å². The van der Waals surface area contributed by atoms with Gasteiger partial charge in [-0.3, -0.25) is 11.3 Å². The van der Waals surface area contributed by atoms with Gasteiger partial charge in [-0.05, 0) is 38.5 Å². The smallest absolute Gasteiger partial charge is 0.0848 e. The number of hydrogen-bond acceptors (Lipinski definition) is 3. The first kappa shape index (κ1) is 13.3. The molecule has 0 bridgehead atoms. The molecule has 1 unspecified atom stereocenters. The van der Waals surface area contributed by atoms with Gasteiger partial charge in [0.05, 0.1) is 11.6 Å². The van der Waals surface area contributed by atoms with Crippen LogP contribution in [0.4, 0.5) is 0 Å². The minimum absolute atomic E-state index is 0.0244. The minimum Gasteiger partial charge on any atom is -0.374 e. The van der Waals surface area contributed by atoms with E-state index in [1.807, 2.05) is 0 Å². The molecule has 2 fully saturated rings. The zero-order valence-electron chi connectivity index (χ0n) is 11.2. The lowest BCUT2D eigenvalue weighted by Gasteiger charge is -2.43. The SMILES string of the molecule is CCOC1(C(CCC2CC2)NN)CCCCC1. The number of ether oxygens (including phenoxy) is 1. The molecule has 0 saturated heterocycles. The Balaban J connectivity index is 1.93. The molecule has 2 saturated carbocycles. The van der Waals surface area contributed by atoms with Crippen LogP contribution >= 0.6 is 0 Å². The van der Waals surface area contributed by atoms with Gasteiger partial charge in [0, 0.05) is 6.61 Å². The van der Waals surface area contributed by atoms with Gasteiger partial charge in [-0.15, -0.1) is 0 Å². The second-order valence-electron chi connectivity index (χ2n) is 5.80. The standard InChI is InChI=1S/C14H28N2O/c1-2-17-14(10-4-3-5-11-14)13(16-15)9-8-12-6-7-12/h12-13,16H,2-11,15H2,1H3. The molecule has 2 aliphatic rings. The quantitative estimate of drug-likeness (QED) is 0.531. The Bertz CT molecular complexity index is 217. The Labute approximate surface area is 105 Å². The minimum atomic E-state index is 0.0244. The fourth-order valence-electron chi connectivity index (χ4n) is 3.34. The monoisotopic (exact) mass is 240 g/mol. The first-order chi connectivity index (χ1) is 8.30. The summed E-state index contributed by atoms with van der Waals surface area (Å²) < 4.78 is 6.13. The van der Waals surface area contributed by atoms with E-state index in [1.54, 1.807) is 0 Å². The molecule has 3 nitrogen and oxygen atoms in total. The van der Waals surface area contributed by atoms with Gasteiger partial charge >= 0.3 is 0 Å². The lowest BCUT2D eigenvalue weighted by molar-refractivity contribution is -0.0920. The van der Waals surface area contributed by atoms with Gasteiger partial charge in [0.25, 0.3) is 0 Å². The van der Waals surface area contributed by atoms with Gasteiger partial charge in [-0.25, -0.2) is 0 Å². The summed E-state index contributed by atoms with van der Waals surface area (Å²) in [5.41, 5.74) is 3.08. The third-order valence-electron chi connectivity index (χ3n) is 4.53. The van der Waals surface area contributed by atoms with Crippen LogP contribution in [0.15, 0.2) is 0 Å². The fourth-order valence-corrected chi connectivity index (χ4v) is 3.34. The van der Waals surface area contributed by atoms with E-state index in [1.165, 1.54) is 57.8 Å². The van der Waals surface area contributed by atoms with Gasteiger partial charge in [-0.2, -0.15) is 0 Å². The molecule has 0 aromatic rings. The van der Waals surface area contributed by atoms with Crippen molar-refractivity contribution in [1.82, 2.24) is 5.43 Å². The normalized spacial score (nSPS) is 25.8. The lowest BCUT2D eigenvalue weighted by atomic mass is 9.77. The lowest BCUT2D eigenvalue weighted by Crippen LogP contribution is -2.56. The van der Waals surface area contributed by atoms with Crippen molar-refractivity contribution in [2.24, 2.45) is 11.8 Å². The largest absolute Gasteiger partial charge is 0.374 e. The van der Waals surface area contributed by atoms with Crippen molar-refractivity contribution in [1.29, 1.82) is 0 Å². The molecule has 2 rings (SSSR count). The molecule has 0 aliphatic heterocycles. The summed E-state index contributed by atoms with van der Waals surface area (Å²) in [6.07, 6.45) is 11.7. The highest BCUT2D eigenvalue weighted by Gasteiger charge is 2.40. The zero-order valence-corrected chi connectivity index (χ0v) is 11.2. The number of nitrogens with one attached hydrogen (secondary N) is 1. The van der Waals surface area contributed by atoms with Crippen LogP contribution in [0.5, 0.6) is 0 Å². The molecule has 0 radical (unpaired) electrons. The van der Waals surface area contributed by atoms with Crippen LogP contribution in [0.1, 0.15) is 64.7 Å². The van der Waals surface area contributed by atoms with Crippen molar-refractivity contribution in [3.05, 3.63) is 0 Å². The molecule has 3 N–H and O–H groups in total. The average Bonchev–Trinajstić information content (AvgIpc) is 3.15. The first-order valence-electron chi connectivity index (χ1n) is 7.41.